The monoisotopic (exact) mass is 340 g/mol. The average molecular weight is 340 g/mol. The number of likely N-dealkylation sites (tertiary alicyclic amines) is 1. The Morgan fingerprint density at radius 3 is 2.80 bits per heavy atom. The molecule has 1 aliphatic rings. The largest absolute Gasteiger partial charge is 0.466 e. The number of piperidine rings is 1. The Morgan fingerprint density at radius 2 is 2.08 bits per heavy atom. The lowest BCUT2D eigenvalue weighted by Crippen LogP contribution is -2.48. The lowest BCUT2D eigenvalue weighted by atomic mass is 10.0. The third-order valence-electron chi connectivity index (χ3n) is 4.91. The summed E-state index contributed by atoms with van der Waals surface area (Å²) in [5.41, 5.74) is 2.06. The van der Waals surface area contributed by atoms with Crippen LogP contribution < -0.4 is 5.32 Å². The fourth-order valence-electron chi connectivity index (χ4n) is 3.65. The Balaban J connectivity index is 1.46. The van der Waals surface area contributed by atoms with Gasteiger partial charge in [-0.15, -0.1) is 0 Å². The Hall–Kier alpha value is -2.07. The highest BCUT2D eigenvalue weighted by Gasteiger charge is 2.23. The normalized spacial score (nSPS) is 18.2. The van der Waals surface area contributed by atoms with Gasteiger partial charge in [-0.05, 0) is 64.3 Å². The lowest BCUT2D eigenvalue weighted by molar-refractivity contribution is 0.0902. The van der Waals surface area contributed by atoms with Crippen molar-refractivity contribution in [2.24, 2.45) is 0 Å². The van der Waals surface area contributed by atoms with E-state index in [9.17, 15) is 4.79 Å². The van der Waals surface area contributed by atoms with E-state index in [0.29, 0.717) is 11.3 Å². The minimum Gasteiger partial charge on any atom is -0.466 e. The summed E-state index contributed by atoms with van der Waals surface area (Å²) >= 11 is 0. The second-order valence-corrected chi connectivity index (χ2v) is 7.03. The number of hydrogen-bond donors (Lipinski definition) is 1. The van der Waals surface area contributed by atoms with Gasteiger partial charge in [0.2, 0.25) is 0 Å². The van der Waals surface area contributed by atoms with Gasteiger partial charge in [-0.2, -0.15) is 0 Å². The van der Waals surface area contributed by atoms with Gasteiger partial charge in [0, 0.05) is 12.6 Å². The van der Waals surface area contributed by atoms with Crippen molar-refractivity contribution in [1.82, 2.24) is 10.2 Å². The van der Waals surface area contributed by atoms with Crippen molar-refractivity contribution in [3.8, 4) is 0 Å². The number of nitrogens with one attached hydrogen (secondary N) is 1. The highest BCUT2D eigenvalue weighted by Crippen LogP contribution is 2.16. The number of rotatable bonds is 6. The fraction of sp³-hybridized carbons (Fsp3) is 0.476. The van der Waals surface area contributed by atoms with E-state index in [1.54, 1.807) is 0 Å². The van der Waals surface area contributed by atoms with Crippen molar-refractivity contribution in [2.45, 2.75) is 45.6 Å². The van der Waals surface area contributed by atoms with Crippen LogP contribution in [0.1, 0.15) is 46.7 Å². The molecule has 4 nitrogen and oxygen atoms in total. The number of amides is 1. The van der Waals surface area contributed by atoms with E-state index in [4.69, 9.17) is 4.42 Å². The van der Waals surface area contributed by atoms with Crippen LogP contribution in [0.2, 0.25) is 0 Å². The van der Waals surface area contributed by atoms with Gasteiger partial charge in [-0.25, -0.2) is 0 Å². The van der Waals surface area contributed by atoms with Crippen molar-refractivity contribution < 1.29 is 9.21 Å². The Morgan fingerprint density at radius 1 is 1.28 bits per heavy atom. The Labute approximate surface area is 150 Å². The summed E-state index contributed by atoms with van der Waals surface area (Å²) in [4.78, 5) is 14.9. The summed E-state index contributed by atoms with van der Waals surface area (Å²) < 4.78 is 5.47. The Kier molecular flexibility index (Phi) is 5.92. The molecule has 25 heavy (non-hydrogen) atoms. The molecule has 0 bridgehead atoms. The van der Waals surface area contributed by atoms with E-state index in [0.717, 1.165) is 51.1 Å². The SMILES string of the molecule is Cc1cc(C(=O)N[C@H]2CCCN(CCCc3ccccc3)C2)c(C)o1. The maximum absolute atomic E-state index is 12.5. The first kappa shape index (κ1) is 17.7. The van der Waals surface area contributed by atoms with E-state index in [1.165, 1.54) is 5.56 Å². The molecule has 0 saturated carbocycles. The summed E-state index contributed by atoms with van der Waals surface area (Å²) in [5.74, 6) is 1.48. The van der Waals surface area contributed by atoms with Crippen molar-refractivity contribution in [1.29, 1.82) is 0 Å². The predicted molar refractivity (Wildman–Crippen MR) is 99.9 cm³/mol. The summed E-state index contributed by atoms with van der Waals surface area (Å²) in [6, 6.07) is 12.7. The second kappa shape index (κ2) is 8.34. The summed E-state index contributed by atoms with van der Waals surface area (Å²) in [6.07, 6.45) is 4.46. The van der Waals surface area contributed by atoms with E-state index in [2.05, 4.69) is 40.5 Å². The van der Waals surface area contributed by atoms with Crippen molar-refractivity contribution >= 4 is 5.91 Å². The van der Waals surface area contributed by atoms with Crippen molar-refractivity contribution in [3.05, 3.63) is 59.0 Å². The number of nitrogens with zero attached hydrogens (tertiary/aromatic N) is 1. The molecule has 0 unspecified atom stereocenters. The molecule has 134 valence electrons. The molecule has 4 heteroatoms. The van der Waals surface area contributed by atoms with E-state index >= 15 is 0 Å². The van der Waals surface area contributed by atoms with Crippen molar-refractivity contribution in [3.63, 3.8) is 0 Å². The molecule has 3 rings (SSSR count). The summed E-state index contributed by atoms with van der Waals surface area (Å²) in [6.45, 7) is 6.88. The zero-order chi connectivity index (χ0) is 17.6. The summed E-state index contributed by atoms with van der Waals surface area (Å²) in [5, 5.41) is 3.19. The average Bonchev–Trinajstić information content (AvgIpc) is 2.95. The van der Waals surface area contributed by atoms with Crippen LogP contribution in [-0.2, 0) is 6.42 Å². The highest BCUT2D eigenvalue weighted by atomic mass is 16.3. The lowest BCUT2D eigenvalue weighted by Gasteiger charge is -2.33. The molecule has 1 amide bonds. The molecule has 1 aromatic carbocycles. The molecule has 1 saturated heterocycles. The first-order chi connectivity index (χ1) is 12.1. The van der Waals surface area contributed by atoms with Gasteiger partial charge in [0.05, 0.1) is 5.56 Å². The molecule has 0 spiro atoms. The van der Waals surface area contributed by atoms with Gasteiger partial charge >= 0.3 is 0 Å². The Bertz CT molecular complexity index is 693. The van der Waals surface area contributed by atoms with Gasteiger partial charge in [-0.3, -0.25) is 4.79 Å². The first-order valence-electron chi connectivity index (χ1n) is 9.26. The predicted octanol–water partition coefficient (Wildman–Crippen LogP) is 3.72. The van der Waals surface area contributed by atoms with Crippen LogP contribution in [-0.4, -0.2) is 36.5 Å². The number of furan rings is 1. The zero-order valence-electron chi connectivity index (χ0n) is 15.3. The van der Waals surface area contributed by atoms with Crippen LogP contribution in [0.25, 0.3) is 0 Å². The van der Waals surface area contributed by atoms with Crippen LogP contribution in [0.15, 0.2) is 40.8 Å². The maximum Gasteiger partial charge on any atom is 0.255 e. The number of benzene rings is 1. The standard InChI is InChI=1S/C21H28N2O2/c1-16-14-20(17(2)25-16)21(24)22-19-11-7-13-23(15-19)12-6-10-18-8-4-3-5-9-18/h3-5,8-9,14,19H,6-7,10-13,15H2,1-2H3,(H,22,24)/t19-/m0/s1. The minimum absolute atomic E-state index is 0.00881. The quantitative estimate of drug-likeness (QED) is 0.872. The van der Waals surface area contributed by atoms with Gasteiger partial charge < -0.3 is 14.6 Å². The zero-order valence-corrected chi connectivity index (χ0v) is 15.3. The minimum atomic E-state index is -0.00881. The number of carbonyl (C=O) groups excluding carboxylic acids is 1. The topological polar surface area (TPSA) is 45.5 Å². The molecular formula is C21H28N2O2. The second-order valence-electron chi connectivity index (χ2n) is 7.03. The first-order valence-corrected chi connectivity index (χ1v) is 9.26. The van der Waals surface area contributed by atoms with Crippen LogP contribution >= 0.6 is 0 Å². The van der Waals surface area contributed by atoms with Crippen molar-refractivity contribution in [2.75, 3.05) is 19.6 Å². The molecule has 0 radical (unpaired) electrons. The molecule has 1 aliphatic heterocycles. The van der Waals surface area contributed by atoms with E-state index in [-0.39, 0.29) is 11.9 Å². The smallest absolute Gasteiger partial charge is 0.255 e. The van der Waals surface area contributed by atoms with E-state index in [1.807, 2.05) is 19.9 Å². The summed E-state index contributed by atoms with van der Waals surface area (Å²) in [7, 11) is 0. The van der Waals surface area contributed by atoms with E-state index < -0.39 is 0 Å². The third-order valence-corrected chi connectivity index (χ3v) is 4.91. The molecule has 2 heterocycles. The van der Waals surface area contributed by atoms with Crippen LogP contribution in [0.4, 0.5) is 0 Å². The van der Waals surface area contributed by atoms with Gasteiger partial charge in [-0.1, -0.05) is 30.3 Å². The third kappa shape index (κ3) is 4.95. The molecule has 1 atom stereocenters. The highest BCUT2D eigenvalue weighted by molar-refractivity contribution is 5.95. The molecule has 2 aromatic rings. The number of hydrogen-bond acceptors (Lipinski definition) is 3. The molecule has 1 fully saturated rings. The van der Waals surface area contributed by atoms with Gasteiger partial charge in [0.1, 0.15) is 11.5 Å². The fourth-order valence-corrected chi connectivity index (χ4v) is 3.65. The van der Waals surface area contributed by atoms with Crippen LogP contribution in [0.3, 0.4) is 0 Å². The number of aryl methyl sites for hydroxylation is 3. The molecule has 1 aromatic heterocycles. The van der Waals surface area contributed by atoms with Gasteiger partial charge in [0.15, 0.2) is 0 Å². The molecule has 0 aliphatic carbocycles. The van der Waals surface area contributed by atoms with Gasteiger partial charge in [0.25, 0.3) is 5.91 Å². The number of carbonyl (C=O) groups is 1. The molecule has 1 N–H and O–H groups in total. The van der Waals surface area contributed by atoms with Crippen LogP contribution in [0.5, 0.6) is 0 Å². The maximum atomic E-state index is 12.5. The van der Waals surface area contributed by atoms with Crippen LogP contribution in [0, 0.1) is 13.8 Å². The molecular weight excluding hydrogens is 312 g/mol.